The van der Waals surface area contributed by atoms with Gasteiger partial charge in [0.05, 0.1) is 6.54 Å². The van der Waals surface area contributed by atoms with Gasteiger partial charge >= 0.3 is 6.03 Å². The number of nitrogens with zero attached hydrogens (tertiary/aromatic N) is 1. The van der Waals surface area contributed by atoms with Crippen LogP contribution in [0.5, 0.6) is 5.75 Å². The van der Waals surface area contributed by atoms with E-state index in [-0.39, 0.29) is 31.0 Å². The fourth-order valence-electron chi connectivity index (χ4n) is 2.67. The summed E-state index contributed by atoms with van der Waals surface area (Å²) in [5.74, 6) is 0.860. The molecule has 1 atom stereocenters. The van der Waals surface area contributed by atoms with Crippen LogP contribution >= 0.6 is 15.9 Å². The number of benzene rings is 1. The van der Waals surface area contributed by atoms with E-state index in [2.05, 4.69) is 21.2 Å². The predicted octanol–water partition coefficient (Wildman–Crippen LogP) is 2.55. The molecule has 6 heteroatoms. The third-order valence-electron chi connectivity index (χ3n) is 4.07. The van der Waals surface area contributed by atoms with Crippen molar-refractivity contribution in [3.05, 3.63) is 28.7 Å². The van der Waals surface area contributed by atoms with Crippen LogP contribution in [0.1, 0.15) is 19.8 Å². The molecule has 1 saturated carbocycles. The number of imide groups is 1. The molecule has 5 nitrogen and oxygen atoms in total. The highest BCUT2D eigenvalue weighted by Gasteiger charge is 2.55. The number of rotatable bonds is 5. The second-order valence-corrected chi connectivity index (χ2v) is 6.59. The molecule has 3 amide bonds. The number of hydrogen-bond acceptors (Lipinski definition) is 3. The second-order valence-electron chi connectivity index (χ2n) is 5.67. The Hall–Kier alpha value is -1.56. The fraction of sp³-hybridized carbons (Fsp3) is 0.467. The van der Waals surface area contributed by atoms with E-state index in [1.54, 1.807) is 0 Å². The molecule has 2 fully saturated rings. The van der Waals surface area contributed by atoms with E-state index < -0.39 is 5.54 Å². The van der Waals surface area contributed by atoms with Gasteiger partial charge in [-0.15, -0.1) is 0 Å². The van der Waals surface area contributed by atoms with Crippen LogP contribution in [0.25, 0.3) is 0 Å². The van der Waals surface area contributed by atoms with Gasteiger partial charge in [0.1, 0.15) is 17.9 Å². The minimum absolute atomic E-state index is 0.132. The molecule has 112 valence electrons. The zero-order chi connectivity index (χ0) is 15.0. The van der Waals surface area contributed by atoms with Crippen molar-refractivity contribution in [2.45, 2.75) is 25.3 Å². The zero-order valence-electron chi connectivity index (χ0n) is 11.8. The molecule has 0 spiro atoms. The van der Waals surface area contributed by atoms with Crippen LogP contribution in [0.4, 0.5) is 4.79 Å². The van der Waals surface area contributed by atoms with E-state index in [9.17, 15) is 9.59 Å². The van der Waals surface area contributed by atoms with Crippen molar-refractivity contribution in [2.75, 3.05) is 13.2 Å². The van der Waals surface area contributed by atoms with Crippen molar-refractivity contribution < 1.29 is 14.3 Å². The number of carbonyl (C=O) groups is 2. The molecular weight excluding hydrogens is 336 g/mol. The number of carbonyl (C=O) groups excluding carboxylic acids is 2. The summed E-state index contributed by atoms with van der Waals surface area (Å²) in [4.78, 5) is 25.6. The van der Waals surface area contributed by atoms with Gasteiger partial charge in [-0.05, 0) is 43.9 Å². The maximum atomic E-state index is 12.4. The average Bonchev–Trinajstić information content (AvgIpc) is 3.24. The summed E-state index contributed by atoms with van der Waals surface area (Å²) in [5.41, 5.74) is -0.715. The van der Waals surface area contributed by atoms with Crippen LogP contribution in [0.15, 0.2) is 28.7 Å². The molecule has 1 aliphatic heterocycles. The number of halogens is 1. The lowest BCUT2D eigenvalue weighted by atomic mass is 9.96. The Balaban J connectivity index is 1.58. The summed E-state index contributed by atoms with van der Waals surface area (Å²) in [7, 11) is 0. The van der Waals surface area contributed by atoms with E-state index in [1.807, 2.05) is 31.2 Å². The van der Waals surface area contributed by atoms with Crippen molar-refractivity contribution >= 4 is 27.9 Å². The van der Waals surface area contributed by atoms with Gasteiger partial charge in [0.15, 0.2) is 0 Å². The number of nitrogens with one attached hydrogen (secondary N) is 1. The van der Waals surface area contributed by atoms with Crippen LogP contribution in [-0.4, -0.2) is 35.5 Å². The SMILES string of the molecule is C[C@]1(C2CC2)NC(=O)N(CCOc2cccc(Br)c2)C1=O. The zero-order valence-corrected chi connectivity index (χ0v) is 13.4. The van der Waals surface area contributed by atoms with Crippen molar-refractivity contribution in [1.82, 2.24) is 10.2 Å². The Labute approximate surface area is 131 Å². The number of hydrogen-bond donors (Lipinski definition) is 1. The third kappa shape index (κ3) is 2.77. The van der Waals surface area contributed by atoms with Crippen molar-refractivity contribution in [1.29, 1.82) is 0 Å². The Bertz CT molecular complexity index is 588. The molecule has 0 aromatic heterocycles. The summed E-state index contributed by atoms with van der Waals surface area (Å²) in [6, 6.07) is 7.15. The van der Waals surface area contributed by atoms with E-state index >= 15 is 0 Å². The highest BCUT2D eigenvalue weighted by molar-refractivity contribution is 9.10. The summed E-state index contributed by atoms with van der Waals surface area (Å²) in [6.45, 7) is 2.37. The summed E-state index contributed by atoms with van der Waals surface area (Å²) >= 11 is 3.37. The van der Waals surface area contributed by atoms with Crippen LogP contribution in [0.2, 0.25) is 0 Å². The fourth-order valence-corrected chi connectivity index (χ4v) is 3.05. The molecule has 1 aromatic carbocycles. The maximum absolute atomic E-state index is 12.4. The number of urea groups is 1. The Morgan fingerprint density at radius 3 is 2.86 bits per heavy atom. The lowest BCUT2D eigenvalue weighted by molar-refractivity contribution is -0.131. The highest BCUT2D eigenvalue weighted by atomic mass is 79.9. The summed E-state index contributed by atoms with van der Waals surface area (Å²) < 4.78 is 6.51. The first kappa shape index (κ1) is 14.4. The molecule has 1 saturated heterocycles. The minimum Gasteiger partial charge on any atom is -0.492 e. The Morgan fingerprint density at radius 2 is 2.19 bits per heavy atom. The third-order valence-corrected chi connectivity index (χ3v) is 4.57. The molecule has 1 aromatic rings. The lowest BCUT2D eigenvalue weighted by Crippen LogP contribution is -2.46. The van der Waals surface area contributed by atoms with Crippen molar-refractivity contribution in [3.8, 4) is 5.75 Å². The monoisotopic (exact) mass is 352 g/mol. The molecular formula is C15H17BrN2O3. The standard InChI is InChI=1S/C15H17BrN2O3/c1-15(10-5-6-10)13(19)18(14(20)17-15)7-8-21-12-4-2-3-11(16)9-12/h2-4,9-10H,5-8H2,1H3,(H,17,20)/t15-/m1/s1. The first-order valence-electron chi connectivity index (χ1n) is 7.03. The average molecular weight is 353 g/mol. The highest BCUT2D eigenvalue weighted by Crippen LogP contribution is 2.42. The summed E-state index contributed by atoms with van der Waals surface area (Å²) in [6.07, 6.45) is 2.01. The minimum atomic E-state index is -0.715. The van der Waals surface area contributed by atoms with E-state index in [0.717, 1.165) is 17.3 Å². The summed E-state index contributed by atoms with van der Waals surface area (Å²) in [5, 5.41) is 2.82. The van der Waals surface area contributed by atoms with E-state index in [1.165, 1.54) is 4.90 Å². The van der Waals surface area contributed by atoms with Gasteiger partial charge in [0.2, 0.25) is 0 Å². The van der Waals surface area contributed by atoms with Crippen LogP contribution in [0.3, 0.4) is 0 Å². The molecule has 0 radical (unpaired) electrons. The van der Waals surface area contributed by atoms with Crippen molar-refractivity contribution in [2.24, 2.45) is 5.92 Å². The number of ether oxygens (including phenoxy) is 1. The molecule has 1 heterocycles. The van der Waals surface area contributed by atoms with Gasteiger partial charge < -0.3 is 10.1 Å². The normalized spacial score (nSPS) is 25.1. The second kappa shape index (κ2) is 5.33. The van der Waals surface area contributed by atoms with Gasteiger partial charge in [-0.3, -0.25) is 9.69 Å². The molecule has 1 N–H and O–H groups in total. The molecule has 3 rings (SSSR count). The first-order valence-corrected chi connectivity index (χ1v) is 7.82. The molecule has 21 heavy (non-hydrogen) atoms. The van der Waals surface area contributed by atoms with Crippen LogP contribution in [-0.2, 0) is 4.79 Å². The van der Waals surface area contributed by atoms with Crippen molar-refractivity contribution in [3.63, 3.8) is 0 Å². The van der Waals surface area contributed by atoms with Gasteiger partial charge in [-0.2, -0.15) is 0 Å². The predicted molar refractivity (Wildman–Crippen MR) is 81.0 cm³/mol. The molecule has 0 bridgehead atoms. The number of amides is 3. The van der Waals surface area contributed by atoms with Crippen LogP contribution < -0.4 is 10.1 Å². The van der Waals surface area contributed by atoms with E-state index in [4.69, 9.17) is 4.74 Å². The topological polar surface area (TPSA) is 58.6 Å². The van der Waals surface area contributed by atoms with E-state index in [0.29, 0.717) is 5.75 Å². The quantitative estimate of drug-likeness (QED) is 0.828. The lowest BCUT2D eigenvalue weighted by Gasteiger charge is -2.21. The Kier molecular flexibility index (Phi) is 3.65. The Morgan fingerprint density at radius 1 is 1.43 bits per heavy atom. The largest absolute Gasteiger partial charge is 0.492 e. The van der Waals surface area contributed by atoms with Crippen LogP contribution in [0, 0.1) is 5.92 Å². The van der Waals surface area contributed by atoms with Gasteiger partial charge in [-0.1, -0.05) is 22.0 Å². The smallest absolute Gasteiger partial charge is 0.325 e. The molecule has 2 aliphatic rings. The van der Waals surface area contributed by atoms with Gasteiger partial charge in [0.25, 0.3) is 5.91 Å². The molecule has 1 aliphatic carbocycles. The van der Waals surface area contributed by atoms with Gasteiger partial charge in [-0.25, -0.2) is 4.79 Å². The molecule has 0 unspecified atom stereocenters. The van der Waals surface area contributed by atoms with Gasteiger partial charge in [0, 0.05) is 4.47 Å². The maximum Gasteiger partial charge on any atom is 0.325 e. The first-order chi connectivity index (χ1) is 10.0.